The highest BCUT2D eigenvalue weighted by atomic mass is 16.5. The molecule has 118 valence electrons. The molecule has 1 unspecified atom stereocenters. The summed E-state index contributed by atoms with van der Waals surface area (Å²) in [7, 11) is 0. The van der Waals surface area contributed by atoms with Gasteiger partial charge in [0, 0.05) is 35.2 Å². The van der Waals surface area contributed by atoms with Crippen LogP contribution in [0.25, 0.3) is 11.1 Å². The third-order valence-electron chi connectivity index (χ3n) is 5.30. The smallest absolute Gasteiger partial charge is 0.124 e. The highest BCUT2D eigenvalue weighted by molar-refractivity contribution is 5.99. The summed E-state index contributed by atoms with van der Waals surface area (Å²) in [5.74, 6) is 0.500. The van der Waals surface area contributed by atoms with Gasteiger partial charge in [-0.15, -0.1) is 0 Å². The average Bonchev–Trinajstić information content (AvgIpc) is 3.32. The van der Waals surface area contributed by atoms with Gasteiger partial charge in [-0.2, -0.15) is 0 Å². The van der Waals surface area contributed by atoms with Gasteiger partial charge in [-0.05, 0) is 48.6 Å². The van der Waals surface area contributed by atoms with Crippen LogP contribution in [-0.2, 0) is 11.3 Å². The fourth-order valence-electron chi connectivity index (χ4n) is 3.62. The second-order valence-electron chi connectivity index (χ2n) is 6.69. The van der Waals surface area contributed by atoms with Crippen LogP contribution in [0.4, 0.5) is 0 Å². The number of phenols is 1. The third-order valence-corrected chi connectivity index (χ3v) is 5.30. The summed E-state index contributed by atoms with van der Waals surface area (Å²) >= 11 is 0. The standard InChI is InChI=1S/C19H20N2O2/c1-11-15-8-21-9-16(17(15)10-23-19(11)5-6-19)13-3-4-18(22)14(7-13)12(2)20/h3-4,7-9,11,20,22H,5-6,10H2,1-2H3. The van der Waals surface area contributed by atoms with E-state index in [0.717, 1.165) is 24.0 Å². The molecule has 4 rings (SSSR count). The molecule has 1 aromatic heterocycles. The number of phenolic OH excluding ortho intramolecular Hbond substituents is 1. The van der Waals surface area contributed by atoms with Gasteiger partial charge in [0.2, 0.25) is 0 Å². The Hall–Kier alpha value is -2.20. The van der Waals surface area contributed by atoms with E-state index in [-0.39, 0.29) is 11.4 Å². The molecular formula is C19H20N2O2. The number of aromatic nitrogens is 1. The van der Waals surface area contributed by atoms with Crippen molar-refractivity contribution in [1.29, 1.82) is 5.41 Å². The molecule has 1 saturated carbocycles. The third kappa shape index (κ3) is 2.17. The molecular weight excluding hydrogens is 288 g/mol. The maximum atomic E-state index is 9.93. The Morgan fingerprint density at radius 1 is 1.35 bits per heavy atom. The van der Waals surface area contributed by atoms with Crippen molar-refractivity contribution in [2.24, 2.45) is 0 Å². The summed E-state index contributed by atoms with van der Waals surface area (Å²) in [6.45, 7) is 4.51. The molecule has 2 heterocycles. The van der Waals surface area contributed by atoms with Gasteiger partial charge >= 0.3 is 0 Å². The first-order valence-electron chi connectivity index (χ1n) is 8.01. The van der Waals surface area contributed by atoms with Crippen molar-refractivity contribution in [3.05, 3.63) is 47.3 Å². The normalized spacial score (nSPS) is 21.0. The van der Waals surface area contributed by atoms with E-state index in [1.165, 1.54) is 11.1 Å². The minimum Gasteiger partial charge on any atom is -0.507 e. The number of nitrogens with zero attached hydrogens (tertiary/aromatic N) is 1. The van der Waals surface area contributed by atoms with E-state index in [9.17, 15) is 5.11 Å². The molecule has 2 aromatic rings. The molecule has 1 aliphatic heterocycles. The predicted octanol–water partition coefficient (Wildman–Crippen LogP) is 4.01. The molecule has 0 radical (unpaired) electrons. The van der Waals surface area contributed by atoms with E-state index in [1.54, 1.807) is 13.0 Å². The Kier molecular flexibility index (Phi) is 3.07. The van der Waals surface area contributed by atoms with Crippen LogP contribution in [0.3, 0.4) is 0 Å². The SMILES string of the molecule is CC(=N)c1cc(-c2cncc3c2COC2(CC2)C3C)ccc1O. The summed E-state index contributed by atoms with van der Waals surface area (Å²) in [6.07, 6.45) is 6.09. The number of nitrogens with one attached hydrogen (secondary N) is 1. The number of rotatable bonds is 2. The molecule has 2 aliphatic rings. The van der Waals surface area contributed by atoms with Crippen molar-refractivity contribution in [2.45, 2.75) is 44.8 Å². The molecule has 1 aliphatic carbocycles. The summed E-state index contributed by atoms with van der Waals surface area (Å²) < 4.78 is 6.16. The molecule has 0 amide bonds. The summed E-state index contributed by atoms with van der Waals surface area (Å²) in [5.41, 5.74) is 5.41. The Morgan fingerprint density at radius 3 is 2.83 bits per heavy atom. The largest absolute Gasteiger partial charge is 0.507 e. The van der Waals surface area contributed by atoms with Crippen molar-refractivity contribution < 1.29 is 9.84 Å². The molecule has 0 bridgehead atoms. The molecule has 23 heavy (non-hydrogen) atoms. The maximum Gasteiger partial charge on any atom is 0.124 e. The van der Waals surface area contributed by atoms with Crippen LogP contribution in [0, 0.1) is 5.41 Å². The minimum absolute atomic E-state index is 0.0406. The number of hydrogen-bond acceptors (Lipinski definition) is 4. The fraction of sp³-hybridized carbons (Fsp3) is 0.368. The molecule has 1 fully saturated rings. The zero-order valence-electron chi connectivity index (χ0n) is 13.4. The highest BCUT2D eigenvalue weighted by Gasteiger charge is 2.52. The first-order valence-corrected chi connectivity index (χ1v) is 8.01. The maximum absolute atomic E-state index is 9.93. The van der Waals surface area contributed by atoms with Crippen LogP contribution in [0.2, 0.25) is 0 Å². The van der Waals surface area contributed by atoms with Crippen molar-refractivity contribution in [3.63, 3.8) is 0 Å². The lowest BCUT2D eigenvalue weighted by Gasteiger charge is -2.32. The van der Waals surface area contributed by atoms with E-state index in [1.807, 2.05) is 24.5 Å². The molecule has 2 N–H and O–H groups in total. The quantitative estimate of drug-likeness (QED) is 0.824. The first-order chi connectivity index (χ1) is 11.0. The van der Waals surface area contributed by atoms with Crippen LogP contribution in [0.5, 0.6) is 5.75 Å². The van der Waals surface area contributed by atoms with Crippen molar-refractivity contribution in [2.75, 3.05) is 0 Å². The lowest BCUT2D eigenvalue weighted by atomic mass is 9.85. The molecule has 4 nitrogen and oxygen atoms in total. The van der Waals surface area contributed by atoms with E-state index in [4.69, 9.17) is 10.1 Å². The number of benzene rings is 1. The van der Waals surface area contributed by atoms with Crippen molar-refractivity contribution in [1.82, 2.24) is 4.98 Å². The van der Waals surface area contributed by atoms with Crippen molar-refractivity contribution in [3.8, 4) is 16.9 Å². The molecule has 1 atom stereocenters. The Balaban J connectivity index is 1.84. The van der Waals surface area contributed by atoms with Crippen LogP contribution >= 0.6 is 0 Å². The second kappa shape index (κ2) is 4.90. The average molecular weight is 308 g/mol. The van der Waals surface area contributed by atoms with E-state index < -0.39 is 0 Å². The predicted molar refractivity (Wildman–Crippen MR) is 89.0 cm³/mol. The number of ether oxygens (including phenoxy) is 1. The molecule has 0 saturated heterocycles. The Bertz CT molecular complexity index is 809. The second-order valence-corrected chi connectivity index (χ2v) is 6.69. The van der Waals surface area contributed by atoms with E-state index in [2.05, 4.69) is 11.9 Å². The molecule has 1 spiro atoms. The zero-order chi connectivity index (χ0) is 16.2. The molecule has 4 heteroatoms. The Morgan fingerprint density at radius 2 is 2.13 bits per heavy atom. The summed E-state index contributed by atoms with van der Waals surface area (Å²) in [5, 5.41) is 17.7. The number of hydrogen-bond donors (Lipinski definition) is 2. The first kappa shape index (κ1) is 14.4. The fourth-order valence-corrected chi connectivity index (χ4v) is 3.62. The van der Waals surface area contributed by atoms with Gasteiger partial charge in [0.05, 0.1) is 12.2 Å². The topological polar surface area (TPSA) is 66.2 Å². The van der Waals surface area contributed by atoms with Gasteiger partial charge in [-0.25, -0.2) is 0 Å². The Labute approximate surface area is 135 Å². The molecule has 1 aromatic carbocycles. The van der Waals surface area contributed by atoms with Gasteiger partial charge in [-0.3, -0.25) is 4.98 Å². The van der Waals surface area contributed by atoms with Crippen molar-refractivity contribution >= 4 is 5.71 Å². The zero-order valence-corrected chi connectivity index (χ0v) is 13.4. The lowest BCUT2D eigenvalue weighted by Crippen LogP contribution is -2.28. The monoisotopic (exact) mass is 308 g/mol. The van der Waals surface area contributed by atoms with E-state index in [0.29, 0.717) is 23.8 Å². The van der Waals surface area contributed by atoms with Gasteiger partial charge in [0.1, 0.15) is 5.75 Å². The van der Waals surface area contributed by atoms with Gasteiger partial charge < -0.3 is 15.3 Å². The summed E-state index contributed by atoms with van der Waals surface area (Å²) in [6, 6.07) is 5.39. The van der Waals surface area contributed by atoms with Gasteiger partial charge in [-0.1, -0.05) is 13.0 Å². The highest BCUT2D eigenvalue weighted by Crippen LogP contribution is 2.54. The van der Waals surface area contributed by atoms with Crippen LogP contribution in [0.1, 0.15) is 49.3 Å². The van der Waals surface area contributed by atoms with Crippen LogP contribution < -0.4 is 0 Å². The van der Waals surface area contributed by atoms with Crippen LogP contribution in [-0.4, -0.2) is 21.4 Å². The van der Waals surface area contributed by atoms with Gasteiger partial charge in [0.15, 0.2) is 0 Å². The minimum atomic E-state index is 0.0406. The summed E-state index contributed by atoms with van der Waals surface area (Å²) in [4.78, 5) is 4.44. The van der Waals surface area contributed by atoms with Crippen LogP contribution in [0.15, 0.2) is 30.6 Å². The number of fused-ring (bicyclic) bond motifs is 1. The number of pyridine rings is 1. The lowest BCUT2D eigenvalue weighted by molar-refractivity contribution is -0.00920. The number of aromatic hydroxyl groups is 1. The van der Waals surface area contributed by atoms with Gasteiger partial charge in [0.25, 0.3) is 0 Å². The van der Waals surface area contributed by atoms with E-state index >= 15 is 0 Å².